The molecule has 1 fully saturated rings. The predicted octanol–water partition coefficient (Wildman–Crippen LogP) is -4.36. The molecule has 1 aliphatic heterocycles. The molecule has 0 aromatic heterocycles. The van der Waals surface area contributed by atoms with Crippen LogP contribution in [0.5, 0.6) is 0 Å². The van der Waals surface area contributed by atoms with E-state index in [0.717, 1.165) is 7.11 Å². The summed E-state index contributed by atoms with van der Waals surface area (Å²) in [5.74, 6) is -2.85. The normalized spacial score (nSPS) is 18.5. The molecule has 1 aromatic carbocycles. The van der Waals surface area contributed by atoms with Crippen molar-refractivity contribution >= 4 is 34.1 Å². The number of carbonyl (C=O) groups excluding carboxylic acids is 4. The Kier molecular flexibility index (Phi) is 10.1. The molecule has 1 heterocycles. The number of nitrogens with one attached hydrogen (secondary N) is 3. The van der Waals surface area contributed by atoms with Gasteiger partial charge in [0.1, 0.15) is 12.6 Å². The zero-order chi connectivity index (χ0) is 23.2. The fraction of sp³-hybridized carbons (Fsp3) is 0.412. The van der Waals surface area contributed by atoms with Crippen molar-refractivity contribution in [1.29, 1.82) is 0 Å². The number of carbonyl (C=O) groups is 4. The van der Waals surface area contributed by atoms with Gasteiger partial charge >= 0.3 is 46.0 Å². The summed E-state index contributed by atoms with van der Waals surface area (Å²) in [6, 6.07) is 7.23. The molecule has 2 rings (SSSR count). The van der Waals surface area contributed by atoms with Crippen molar-refractivity contribution in [2.75, 3.05) is 20.7 Å². The fourth-order valence-corrected chi connectivity index (χ4v) is 3.33. The second kappa shape index (κ2) is 11.6. The average molecular weight is 482 g/mol. The number of hydrogen-bond acceptors (Lipinski definition) is 8. The van der Waals surface area contributed by atoms with Crippen molar-refractivity contribution in [3.8, 4) is 0 Å². The predicted molar refractivity (Wildman–Crippen MR) is 104 cm³/mol. The van der Waals surface area contributed by atoms with Gasteiger partial charge in [-0.15, -0.1) is 0 Å². The van der Waals surface area contributed by atoms with Crippen LogP contribution in [-0.2, 0) is 40.8 Å². The van der Waals surface area contributed by atoms with E-state index >= 15 is 0 Å². The number of nitrogens with zero attached hydrogens (tertiary/aromatic N) is 1. The zero-order valence-corrected chi connectivity index (χ0v) is 20.5. The zero-order valence-electron chi connectivity index (χ0n) is 18.7. The van der Waals surface area contributed by atoms with Crippen LogP contribution in [0.15, 0.2) is 30.3 Å². The molecule has 172 valence electrons. The van der Waals surface area contributed by atoms with Crippen LogP contribution in [0.2, 0.25) is 0 Å². The molecule has 1 saturated heterocycles. The van der Waals surface area contributed by atoms with Gasteiger partial charge in [0.2, 0.25) is 17.5 Å². The van der Waals surface area contributed by atoms with E-state index in [1.54, 1.807) is 30.3 Å². The Hall–Kier alpha value is -2.23. The van der Waals surface area contributed by atoms with Crippen LogP contribution in [0.3, 0.4) is 0 Å². The van der Waals surface area contributed by atoms with Gasteiger partial charge < -0.3 is 26.9 Å². The third kappa shape index (κ3) is 6.88. The van der Waals surface area contributed by atoms with E-state index in [4.69, 9.17) is 14.0 Å². The number of benzene rings is 1. The molecule has 15 heteroatoms. The molecular formula is C17H23N4NaO9S. The van der Waals surface area contributed by atoms with E-state index in [1.807, 2.05) is 0 Å². The van der Waals surface area contributed by atoms with Gasteiger partial charge in [-0.25, -0.2) is 9.10 Å². The SMILES string of the molecule is CNC(=O)CC(NC(=O)OCc1ccccc1)C(=O)NC1(OC)CN(S(=O)(=O)O)C1=O.[H-].[Na+]. The first-order chi connectivity index (χ1) is 14.5. The second-order valence-corrected chi connectivity index (χ2v) is 7.78. The smallest absolute Gasteiger partial charge is 1.00 e. The summed E-state index contributed by atoms with van der Waals surface area (Å²) in [6.45, 7) is -0.789. The molecular weight excluding hydrogens is 459 g/mol. The Bertz CT molecular complexity index is 966. The summed E-state index contributed by atoms with van der Waals surface area (Å²) >= 11 is 0. The van der Waals surface area contributed by atoms with Gasteiger partial charge in [-0.1, -0.05) is 30.3 Å². The Labute approximate surface area is 207 Å². The van der Waals surface area contributed by atoms with Gasteiger partial charge in [0.05, 0.1) is 13.0 Å². The van der Waals surface area contributed by atoms with E-state index in [-0.39, 0.29) is 41.9 Å². The Morgan fingerprint density at radius 1 is 1.28 bits per heavy atom. The van der Waals surface area contributed by atoms with E-state index < -0.39 is 58.9 Å². The topological polar surface area (TPSA) is 180 Å². The number of β-lactam (4-membered cyclic amide) rings is 1. The second-order valence-electron chi connectivity index (χ2n) is 6.45. The van der Waals surface area contributed by atoms with E-state index in [0.29, 0.717) is 5.56 Å². The molecule has 4 amide bonds. The molecule has 1 aromatic rings. The maximum absolute atomic E-state index is 12.6. The molecule has 4 N–H and O–H groups in total. The van der Waals surface area contributed by atoms with Crippen molar-refractivity contribution in [1.82, 2.24) is 20.3 Å². The van der Waals surface area contributed by atoms with Crippen LogP contribution >= 0.6 is 0 Å². The van der Waals surface area contributed by atoms with Crippen LogP contribution < -0.4 is 45.5 Å². The summed E-state index contributed by atoms with van der Waals surface area (Å²) in [7, 11) is -2.47. The molecule has 0 saturated carbocycles. The number of ether oxygens (including phenoxy) is 2. The molecule has 2 atom stereocenters. The number of rotatable bonds is 9. The van der Waals surface area contributed by atoms with Crippen LogP contribution in [-0.4, -0.2) is 73.6 Å². The monoisotopic (exact) mass is 482 g/mol. The first kappa shape index (κ1) is 27.8. The quantitative estimate of drug-likeness (QED) is 0.117. The van der Waals surface area contributed by atoms with Gasteiger partial charge in [0.25, 0.3) is 5.91 Å². The summed E-state index contributed by atoms with van der Waals surface area (Å²) in [5.41, 5.74) is -1.39. The van der Waals surface area contributed by atoms with Crippen molar-refractivity contribution in [3.05, 3.63) is 35.9 Å². The van der Waals surface area contributed by atoms with E-state index in [1.165, 1.54) is 7.05 Å². The minimum atomic E-state index is -4.83. The third-order valence-electron chi connectivity index (χ3n) is 4.38. The molecule has 2 unspecified atom stereocenters. The summed E-state index contributed by atoms with van der Waals surface area (Å²) in [4.78, 5) is 48.6. The Morgan fingerprint density at radius 2 is 1.91 bits per heavy atom. The van der Waals surface area contributed by atoms with Gasteiger partial charge in [0, 0.05) is 14.2 Å². The fourth-order valence-electron chi connectivity index (χ4n) is 2.62. The number of hydrogen-bond donors (Lipinski definition) is 4. The van der Waals surface area contributed by atoms with Crippen LogP contribution in [0.4, 0.5) is 4.79 Å². The first-order valence-electron chi connectivity index (χ1n) is 8.87. The Balaban J connectivity index is 0.00000512. The van der Waals surface area contributed by atoms with Crippen LogP contribution in [0, 0.1) is 0 Å². The van der Waals surface area contributed by atoms with E-state index in [9.17, 15) is 27.6 Å². The molecule has 0 bridgehead atoms. The largest absolute Gasteiger partial charge is 1.00 e. The van der Waals surface area contributed by atoms with Gasteiger partial charge in [-0.05, 0) is 5.56 Å². The maximum atomic E-state index is 12.6. The standard InChI is InChI=1S/C17H22N4O9S.Na.H/c1-18-13(22)8-12(19-16(25)30-9-11-6-4-3-5-7-11)14(23)20-17(29-2)10-21(15(17)24)31(26,27)28;;/h3-7,12H,8-10H2,1-2H3,(H,18,22)(H,19,25)(H,20,23)(H,26,27,28);;/q;+1;-1. The summed E-state index contributed by atoms with van der Waals surface area (Å²) in [5, 5.41) is 6.68. The molecule has 0 spiro atoms. The third-order valence-corrected chi connectivity index (χ3v) is 5.23. The van der Waals surface area contributed by atoms with Crippen LogP contribution in [0.1, 0.15) is 13.4 Å². The minimum absolute atomic E-state index is 0. The van der Waals surface area contributed by atoms with Crippen molar-refractivity contribution in [2.24, 2.45) is 0 Å². The first-order valence-corrected chi connectivity index (χ1v) is 10.3. The van der Waals surface area contributed by atoms with E-state index in [2.05, 4.69) is 16.0 Å². The number of amides is 4. The minimum Gasteiger partial charge on any atom is -1.00 e. The molecule has 1 aliphatic rings. The average Bonchev–Trinajstić information content (AvgIpc) is 2.73. The van der Waals surface area contributed by atoms with Crippen molar-refractivity contribution < 1.29 is 72.6 Å². The van der Waals surface area contributed by atoms with Crippen molar-refractivity contribution in [2.45, 2.75) is 24.8 Å². The maximum Gasteiger partial charge on any atom is 1.00 e. The van der Waals surface area contributed by atoms with Gasteiger partial charge in [0.15, 0.2) is 0 Å². The van der Waals surface area contributed by atoms with Gasteiger partial charge in [-0.3, -0.25) is 18.9 Å². The Morgan fingerprint density at radius 3 is 2.41 bits per heavy atom. The molecule has 0 aliphatic carbocycles. The van der Waals surface area contributed by atoms with Crippen molar-refractivity contribution in [3.63, 3.8) is 0 Å². The van der Waals surface area contributed by atoms with Crippen LogP contribution in [0.25, 0.3) is 0 Å². The molecule has 32 heavy (non-hydrogen) atoms. The molecule has 0 radical (unpaired) electrons. The number of methoxy groups -OCH3 is 1. The summed E-state index contributed by atoms with van der Waals surface area (Å²) in [6.07, 6.45) is -1.50. The number of alkyl carbamates (subject to hydrolysis) is 1. The molecule has 13 nitrogen and oxygen atoms in total. The van der Waals surface area contributed by atoms with Gasteiger partial charge in [-0.2, -0.15) is 8.42 Å². The summed E-state index contributed by atoms with van der Waals surface area (Å²) < 4.78 is 41.3.